The van der Waals surface area contributed by atoms with Crippen LogP contribution in [0.1, 0.15) is 12.5 Å². The Labute approximate surface area is 156 Å². The number of amides is 1. The van der Waals surface area contributed by atoms with Crippen LogP contribution < -0.4 is 10.1 Å². The molecule has 3 rings (SSSR count). The van der Waals surface area contributed by atoms with Crippen LogP contribution in [0.15, 0.2) is 64.9 Å². The minimum absolute atomic E-state index is 0.195. The fourth-order valence-electron chi connectivity index (χ4n) is 2.20. The lowest BCUT2D eigenvalue weighted by molar-refractivity contribution is -0.122. The summed E-state index contributed by atoms with van der Waals surface area (Å²) in [5, 5.41) is 11.6. The number of carbonyl (C=O) groups is 1. The Balaban J connectivity index is 1.56. The number of carbonyl (C=O) groups excluding carboxylic acids is 1. The van der Waals surface area contributed by atoms with E-state index in [1.807, 2.05) is 67.1 Å². The van der Waals surface area contributed by atoms with Crippen molar-refractivity contribution >= 4 is 23.4 Å². The molecule has 6 nitrogen and oxygen atoms in total. The summed E-state index contributed by atoms with van der Waals surface area (Å²) in [7, 11) is 1.90. The average Bonchev–Trinajstić information content (AvgIpc) is 3.03. The van der Waals surface area contributed by atoms with Crippen molar-refractivity contribution in [3.63, 3.8) is 0 Å². The number of benzene rings is 2. The molecule has 2 aromatic carbocycles. The predicted octanol–water partition coefficient (Wildman–Crippen LogP) is 3.68. The zero-order valence-electron chi connectivity index (χ0n) is 14.8. The molecular weight excluding hydrogens is 348 g/mol. The standard InChI is InChI=1S/C19H20N4O2S/c1-13-4-8-16(9-5-13)25-14(2)18(24)21-15-6-10-17(11-7-15)26-19-22-20-12-23(19)3/h4-12,14H,1-3H3,(H,21,24). The van der Waals surface area contributed by atoms with E-state index in [9.17, 15) is 4.79 Å². The number of hydrogen-bond acceptors (Lipinski definition) is 5. The van der Waals surface area contributed by atoms with Crippen LogP contribution in [0.2, 0.25) is 0 Å². The van der Waals surface area contributed by atoms with Crippen molar-refractivity contribution in [2.75, 3.05) is 5.32 Å². The molecule has 1 unspecified atom stereocenters. The zero-order chi connectivity index (χ0) is 18.5. The van der Waals surface area contributed by atoms with Gasteiger partial charge in [-0.15, -0.1) is 10.2 Å². The Morgan fingerprint density at radius 1 is 1.15 bits per heavy atom. The van der Waals surface area contributed by atoms with E-state index in [-0.39, 0.29) is 5.91 Å². The molecule has 0 spiro atoms. The van der Waals surface area contributed by atoms with Crippen LogP contribution in [0.25, 0.3) is 0 Å². The minimum atomic E-state index is -0.592. The second-order valence-corrected chi connectivity index (χ2v) is 6.95. The maximum Gasteiger partial charge on any atom is 0.265 e. The summed E-state index contributed by atoms with van der Waals surface area (Å²) in [5.74, 6) is 0.480. The first-order valence-corrected chi connectivity index (χ1v) is 8.99. The van der Waals surface area contributed by atoms with Gasteiger partial charge < -0.3 is 14.6 Å². The summed E-state index contributed by atoms with van der Waals surface area (Å²) in [6, 6.07) is 15.2. The van der Waals surface area contributed by atoms with E-state index in [0.717, 1.165) is 21.3 Å². The highest BCUT2D eigenvalue weighted by molar-refractivity contribution is 7.99. The molecule has 0 radical (unpaired) electrons. The van der Waals surface area contributed by atoms with Crippen molar-refractivity contribution in [2.45, 2.75) is 30.0 Å². The average molecular weight is 368 g/mol. The Morgan fingerprint density at radius 2 is 1.85 bits per heavy atom. The third-order valence-corrected chi connectivity index (χ3v) is 4.76. The molecule has 0 fully saturated rings. The molecule has 1 atom stereocenters. The Bertz CT molecular complexity index is 875. The van der Waals surface area contributed by atoms with E-state index in [1.165, 1.54) is 11.8 Å². The van der Waals surface area contributed by atoms with E-state index < -0.39 is 6.10 Å². The summed E-state index contributed by atoms with van der Waals surface area (Å²) in [5.41, 5.74) is 1.87. The molecule has 1 N–H and O–H groups in total. The van der Waals surface area contributed by atoms with Crippen LogP contribution in [0.5, 0.6) is 5.75 Å². The number of hydrogen-bond donors (Lipinski definition) is 1. The fourth-order valence-corrected chi connectivity index (χ4v) is 2.96. The number of nitrogens with one attached hydrogen (secondary N) is 1. The van der Waals surface area contributed by atoms with Gasteiger partial charge in [0.2, 0.25) is 0 Å². The number of anilines is 1. The Kier molecular flexibility index (Phi) is 5.58. The maximum atomic E-state index is 12.3. The highest BCUT2D eigenvalue weighted by atomic mass is 32.2. The van der Waals surface area contributed by atoms with Crippen molar-refractivity contribution in [3.05, 3.63) is 60.4 Å². The smallest absolute Gasteiger partial charge is 0.265 e. The van der Waals surface area contributed by atoms with E-state index >= 15 is 0 Å². The van der Waals surface area contributed by atoms with Gasteiger partial charge in [-0.1, -0.05) is 17.7 Å². The quantitative estimate of drug-likeness (QED) is 0.719. The molecule has 1 amide bonds. The van der Waals surface area contributed by atoms with Crippen molar-refractivity contribution in [2.24, 2.45) is 7.05 Å². The summed E-state index contributed by atoms with van der Waals surface area (Å²) in [6.45, 7) is 3.74. The topological polar surface area (TPSA) is 69.0 Å². The summed E-state index contributed by atoms with van der Waals surface area (Å²) < 4.78 is 7.53. The summed E-state index contributed by atoms with van der Waals surface area (Å²) >= 11 is 1.51. The van der Waals surface area contributed by atoms with Gasteiger partial charge in [0.25, 0.3) is 5.91 Å². The van der Waals surface area contributed by atoms with Gasteiger partial charge in [0, 0.05) is 17.6 Å². The van der Waals surface area contributed by atoms with Gasteiger partial charge in [0.05, 0.1) is 0 Å². The second kappa shape index (κ2) is 8.05. The Hall–Kier alpha value is -2.80. The molecule has 0 aliphatic heterocycles. The summed E-state index contributed by atoms with van der Waals surface area (Å²) in [6.07, 6.45) is 1.07. The van der Waals surface area contributed by atoms with Crippen molar-refractivity contribution in [1.29, 1.82) is 0 Å². The molecular formula is C19H20N4O2S. The normalized spacial score (nSPS) is 11.8. The lowest BCUT2D eigenvalue weighted by Gasteiger charge is -2.15. The number of aromatic nitrogens is 3. The van der Waals surface area contributed by atoms with Crippen LogP contribution in [0, 0.1) is 6.92 Å². The third kappa shape index (κ3) is 4.64. The lowest BCUT2D eigenvalue weighted by Crippen LogP contribution is -2.30. The Morgan fingerprint density at radius 3 is 2.46 bits per heavy atom. The molecule has 1 heterocycles. The van der Waals surface area contributed by atoms with Gasteiger partial charge >= 0.3 is 0 Å². The SMILES string of the molecule is Cc1ccc(OC(C)C(=O)Nc2ccc(Sc3nncn3C)cc2)cc1. The molecule has 0 aliphatic rings. The van der Waals surface area contributed by atoms with Gasteiger partial charge in [-0.25, -0.2) is 0 Å². The number of ether oxygens (including phenoxy) is 1. The molecule has 26 heavy (non-hydrogen) atoms. The first-order valence-electron chi connectivity index (χ1n) is 8.17. The van der Waals surface area contributed by atoms with Gasteiger partial charge in [-0.2, -0.15) is 0 Å². The van der Waals surface area contributed by atoms with Gasteiger partial charge in [-0.05, 0) is 62.0 Å². The van der Waals surface area contributed by atoms with Crippen molar-refractivity contribution in [3.8, 4) is 5.75 Å². The molecule has 7 heteroatoms. The number of aryl methyl sites for hydroxylation is 2. The van der Waals surface area contributed by atoms with Crippen LogP contribution in [0.4, 0.5) is 5.69 Å². The molecule has 0 bridgehead atoms. The molecule has 3 aromatic rings. The lowest BCUT2D eigenvalue weighted by atomic mass is 10.2. The van der Waals surface area contributed by atoms with Crippen LogP contribution >= 0.6 is 11.8 Å². The second-order valence-electron chi connectivity index (χ2n) is 5.91. The molecule has 0 aliphatic carbocycles. The monoisotopic (exact) mass is 368 g/mol. The van der Waals surface area contributed by atoms with E-state index in [1.54, 1.807) is 13.3 Å². The van der Waals surface area contributed by atoms with Gasteiger partial charge in [-0.3, -0.25) is 4.79 Å². The predicted molar refractivity (Wildman–Crippen MR) is 101 cm³/mol. The van der Waals surface area contributed by atoms with Crippen molar-refractivity contribution in [1.82, 2.24) is 14.8 Å². The molecule has 0 saturated carbocycles. The third-order valence-electron chi connectivity index (χ3n) is 3.70. The molecule has 0 saturated heterocycles. The van der Waals surface area contributed by atoms with Crippen LogP contribution in [-0.4, -0.2) is 26.8 Å². The number of rotatable bonds is 6. The highest BCUT2D eigenvalue weighted by Crippen LogP contribution is 2.26. The molecule has 1 aromatic heterocycles. The molecule has 134 valence electrons. The van der Waals surface area contributed by atoms with E-state index in [0.29, 0.717) is 5.75 Å². The minimum Gasteiger partial charge on any atom is -0.481 e. The van der Waals surface area contributed by atoms with Crippen LogP contribution in [0.3, 0.4) is 0 Å². The highest BCUT2D eigenvalue weighted by Gasteiger charge is 2.15. The first-order chi connectivity index (χ1) is 12.5. The van der Waals surface area contributed by atoms with Crippen LogP contribution in [-0.2, 0) is 11.8 Å². The van der Waals surface area contributed by atoms with E-state index in [4.69, 9.17) is 4.74 Å². The van der Waals surface area contributed by atoms with E-state index in [2.05, 4.69) is 15.5 Å². The summed E-state index contributed by atoms with van der Waals surface area (Å²) in [4.78, 5) is 13.3. The largest absolute Gasteiger partial charge is 0.481 e. The van der Waals surface area contributed by atoms with Crippen molar-refractivity contribution < 1.29 is 9.53 Å². The van der Waals surface area contributed by atoms with Gasteiger partial charge in [0.15, 0.2) is 11.3 Å². The first kappa shape index (κ1) is 18.0. The zero-order valence-corrected chi connectivity index (χ0v) is 15.7. The maximum absolute atomic E-state index is 12.3. The fraction of sp³-hybridized carbons (Fsp3) is 0.211. The number of nitrogens with zero attached hydrogens (tertiary/aromatic N) is 3. The van der Waals surface area contributed by atoms with Gasteiger partial charge in [0.1, 0.15) is 12.1 Å².